The molecule has 19 heavy (non-hydrogen) atoms. The maximum atomic E-state index is 11.8. The molecule has 0 aliphatic carbocycles. The van der Waals surface area contributed by atoms with E-state index in [1.807, 2.05) is 0 Å². The Morgan fingerprint density at radius 2 is 2.00 bits per heavy atom. The fraction of sp³-hybridized carbons (Fsp3) is 0.500. The molecule has 0 aromatic carbocycles. The summed E-state index contributed by atoms with van der Waals surface area (Å²) in [6.45, 7) is 0.435. The van der Waals surface area contributed by atoms with Crippen LogP contribution in [0, 0.1) is 0 Å². The Kier molecular flexibility index (Phi) is 3.98. The molecule has 3 N–H and O–H groups in total. The molecule has 1 fully saturated rings. The second-order valence-electron chi connectivity index (χ2n) is 4.71. The molecular formula is C12H17N3O4. The van der Waals surface area contributed by atoms with Gasteiger partial charge < -0.3 is 14.8 Å². The van der Waals surface area contributed by atoms with Crippen LogP contribution in [0.25, 0.3) is 0 Å². The summed E-state index contributed by atoms with van der Waals surface area (Å²) in [7, 11) is 1.71. The number of aromatic nitrogens is 1. The molecule has 0 bridgehead atoms. The van der Waals surface area contributed by atoms with Crippen molar-refractivity contribution in [3.05, 3.63) is 24.0 Å². The minimum absolute atomic E-state index is 0.0235. The Balaban J connectivity index is 1.85. The first-order valence-electron chi connectivity index (χ1n) is 6.01. The first kappa shape index (κ1) is 13.7. The molecule has 1 saturated heterocycles. The zero-order chi connectivity index (χ0) is 14.0. The second-order valence-corrected chi connectivity index (χ2v) is 4.71. The van der Waals surface area contributed by atoms with Gasteiger partial charge in [-0.15, -0.1) is 0 Å². The molecule has 2 heterocycles. The zero-order valence-electron chi connectivity index (χ0n) is 10.6. The first-order chi connectivity index (χ1) is 8.97. The van der Waals surface area contributed by atoms with E-state index in [0.29, 0.717) is 5.69 Å². The lowest BCUT2D eigenvalue weighted by molar-refractivity contribution is -0.121. The summed E-state index contributed by atoms with van der Waals surface area (Å²) in [6.07, 6.45) is 0.0415. The fourth-order valence-corrected chi connectivity index (χ4v) is 2.11. The molecular weight excluding hydrogens is 250 g/mol. The van der Waals surface area contributed by atoms with Gasteiger partial charge in [-0.1, -0.05) is 0 Å². The average Bonchev–Trinajstić information content (AvgIpc) is 2.86. The average molecular weight is 267 g/mol. The molecule has 2 atom stereocenters. The Bertz CT molecular complexity index is 475. The molecule has 7 heteroatoms. The van der Waals surface area contributed by atoms with Crippen LogP contribution in [0.4, 0.5) is 0 Å². The van der Waals surface area contributed by atoms with Crippen LogP contribution < -0.4 is 5.32 Å². The normalized spacial score (nSPS) is 23.5. The molecule has 0 spiro atoms. The highest BCUT2D eigenvalue weighted by Crippen LogP contribution is 2.09. The van der Waals surface area contributed by atoms with Gasteiger partial charge in [-0.05, 0) is 12.1 Å². The summed E-state index contributed by atoms with van der Waals surface area (Å²) in [5.41, 5.74) is 0.398. The molecule has 1 aromatic rings. The van der Waals surface area contributed by atoms with E-state index < -0.39 is 24.0 Å². The van der Waals surface area contributed by atoms with Crippen molar-refractivity contribution < 1.29 is 19.8 Å². The minimum Gasteiger partial charge on any atom is -0.389 e. The number of β-amino-alcohol motifs (C(OH)–C–C–N with tert-alkyl or cyclic N) is 2. The van der Waals surface area contributed by atoms with Crippen molar-refractivity contribution in [3.63, 3.8) is 0 Å². The first-order valence-corrected chi connectivity index (χ1v) is 6.01. The topological polar surface area (TPSA) is 94.8 Å². The second kappa shape index (κ2) is 5.52. The van der Waals surface area contributed by atoms with E-state index in [0.717, 1.165) is 0 Å². The van der Waals surface area contributed by atoms with E-state index in [1.165, 1.54) is 0 Å². The lowest BCUT2D eigenvalue weighted by atomic mass is 10.3. The fourth-order valence-electron chi connectivity index (χ4n) is 2.11. The summed E-state index contributed by atoms with van der Waals surface area (Å²) >= 11 is 0. The van der Waals surface area contributed by atoms with Crippen LogP contribution in [-0.4, -0.2) is 63.3 Å². The Morgan fingerprint density at radius 1 is 1.37 bits per heavy atom. The Labute approximate surface area is 110 Å². The number of likely N-dealkylation sites (tertiary alicyclic amines) is 1. The number of aliphatic hydroxyl groups excluding tert-OH is 2. The standard InChI is InChI=1S/C12H17N3O4/c1-14-4-2-3-8(14)12(19)13-11(18)7-15-5-9(16)10(17)6-15/h2-4,9-10,16-17H,5-7H2,1H3,(H,13,18,19). The quantitative estimate of drug-likeness (QED) is 0.608. The number of nitrogens with zero attached hydrogens (tertiary/aromatic N) is 2. The van der Waals surface area contributed by atoms with Crippen LogP contribution in [-0.2, 0) is 11.8 Å². The van der Waals surface area contributed by atoms with Crippen molar-refractivity contribution in [1.29, 1.82) is 0 Å². The van der Waals surface area contributed by atoms with E-state index >= 15 is 0 Å². The summed E-state index contributed by atoms with van der Waals surface area (Å²) < 4.78 is 1.62. The zero-order valence-corrected chi connectivity index (χ0v) is 10.6. The van der Waals surface area contributed by atoms with Crippen LogP contribution in [0.15, 0.2) is 18.3 Å². The van der Waals surface area contributed by atoms with Crippen molar-refractivity contribution in [2.75, 3.05) is 19.6 Å². The molecule has 2 amide bonds. The number of hydrogen-bond acceptors (Lipinski definition) is 5. The van der Waals surface area contributed by atoms with E-state index in [9.17, 15) is 19.8 Å². The Hall–Kier alpha value is -1.70. The van der Waals surface area contributed by atoms with Gasteiger partial charge in [0, 0.05) is 26.3 Å². The number of hydrogen-bond donors (Lipinski definition) is 3. The third-order valence-electron chi connectivity index (χ3n) is 3.13. The minimum atomic E-state index is -0.837. The van der Waals surface area contributed by atoms with Crippen LogP contribution in [0.5, 0.6) is 0 Å². The van der Waals surface area contributed by atoms with Gasteiger partial charge in [-0.25, -0.2) is 0 Å². The van der Waals surface area contributed by atoms with E-state index in [1.54, 1.807) is 34.8 Å². The highest BCUT2D eigenvalue weighted by molar-refractivity contribution is 6.04. The summed E-state index contributed by atoms with van der Waals surface area (Å²) in [4.78, 5) is 25.1. The smallest absolute Gasteiger partial charge is 0.274 e. The third kappa shape index (κ3) is 3.19. The largest absolute Gasteiger partial charge is 0.389 e. The van der Waals surface area contributed by atoms with E-state index in [4.69, 9.17) is 0 Å². The van der Waals surface area contributed by atoms with Crippen LogP contribution in [0.3, 0.4) is 0 Å². The third-order valence-corrected chi connectivity index (χ3v) is 3.13. The van der Waals surface area contributed by atoms with Gasteiger partial charge in [0.25, 0.3) is 5.91 Å². The lowest BCUT2D eigenvalue weighted by Gasteiger charge is -2.13. The van der Waals surface area contributed by atoms with E-state index in [-0.39, 0.29) is 19.6 Å². The maximum Gasteiger partial charge on any atom is 0.274 e. The molecule has 0 saturated carbocycles. The van der Waals surface area contributed by atoms with Crippen LogP contribution in [0.1, 0.15) is 10.5 Å². The SMILES string of the molecule is Cn1cccc1C(=O)NC(=O)CN1CC(O)C(O)C1. The number of imide groups is 1. The highest BCUT2D eigenvalue weighted by atomic mass is 16.3. The van der Waals surface area contributed by atoms with Crippen molar-refractivity contribution in [1.82, 2.24) is 14.8 Å². The van der Waals surface area contributed by atoms with Gasteiger partial charge in [0.2, 0.25) is 5.91 Å². The maximum absolute atomic E-state index is 11.8. The van der Waals surface area contributed by atoms with Crippen molar-refractivity contribution in [2.24, 2.45) is 7.05 Å². The number of aryl methyl sites for hydroxylation is 1. The number of nitrogens with one attached hydrogen (secondary N) is 1. The number of carbonyl (C=O) groups excluding carboxylic acids is 2. The lowest BCUT2D eigenvalue weighted by Crippen LogP contribution is -2.40. The van der Waals surface area contributed by atoms with Gasteiger partial charge in [0.1, 0.15) is 5.69 Å². The molecule has 7 nitrogen and oxygen atoms in total. The predicted octanol–water partition coefficient (Wildman–Crippen LogP) is -1.68. The van der Waals surface area contributed by atoms with Gasteiger partial charge in [-0.3, -0.25) is 19.8 Å². The predicted molar refractivity (Wildman–Crippen MR) is 66.3 cm³/mol. The highest BCUT2D eigenvalue weighted by Gasteiger charge is 2.30. The van der Waals surface area contributed by atoms with E-state index in [2.05, 4.69) is 5.32 Å². The number of amides is 2. The van der Waals surface area contributed by atoms with Gasteiger partial charge in [-0.2, -0.15) is 0 Å². The molecule has 2 rings (SSSR count). The molecule has 0 radical (unpaired) electrons. The van der Waals surface area contributed by atoms with Gasteiger partial charge in [0.05, 0.1) is 18.8 Å². The molecule has 1 aliphatic heterocycles. The van der Waals surface area contributed by atoms with Gasteiger partial charge >= 0.3 is 0 Å². The van der Waals surface area contributed by atoms with Gasteiger partial charge in [0.15, 0.2) is 0 Å². The summed E-state index contributed by atoms with van der Waals surface area (Å²) in [6, 6.07) is 3.33. The number of aliphatic hydroxyl groups is 2. The number of carbonyl (C=O) groups is 2. The molecule has 1 aliphatic rings. The summed E-state index contributed by atoms with van der Waals surface area (Å²) in [5.74, 6) is -0.912. The monoisotopic (exact) mass is 267 g/mol. The molecule has 104 valence electrons. The molecule has 2 unspecified atom stereocenters. The summed E-state index contributed by atoms with van der Waals surface area (Å²) in [5, 5.41) is 21.0. The number of rotatable bonds is 3. The Morgan fingerprint density at radius 3 is 2.53 bits per heavy atom. The molecule has 1 aromatic heterocycles. The van der Waals surface area contributed by atoms with Crippen LogP contribution >= 0.6 is 0 Å². The van der Waals surface area contributed by atoms with Crippen molar-refractivity contribution >= 4 is 11.8 Å². The van der Waals surface area contributed by atoms with Crippen LogP contribution in [0.2, 0.25) is 0 Å². The van der Waals surface area contributed by atoms with Crippen molar-refractivity contribution in [3.8, 4) is 0 Å². The van der Waals surface area contributed by atoms with Crippen molar-refractivity contribution in [2.45, 2.75) is 12.2 Å².